The van der Waals surface area contributed by atoms with Crippen LogP contribution in [0, 0.1) is 17.3 Å². The second kappa shape index (κ2) is 9.43. The van der Waals surface area contributed by atoms with E-state index in [-0.39, 0.29) is 5.97 Å². The Hall–Kier alpha value is -1.71. The van der Waals surface area contributed by atoms with Gasteiger partial charge in [0.1, 0.15) is 0 Å². The summed E-state index contributed by atoms with van der Waals surface area (Å²) in [6.07, 6.45) is 8.41. The predicted octanol–water partition coefficient (Wildman–Crippen LogP) is 5.35. The third-order valence-corrected chi connectivity index (χ3v) is 3.99. The van der Waals surface area contributed by atoms with Gasteiger partial charge in [-0.15, -0.1) is 5.73 Å². The van der Waals surface area contributed by atoms with Gasteiger partial charge in [-0.3, -0.25) is 4.79 Å². The van der Waals surface area contributed by atoms with Crippen molar-refractivity contribution in [3.8, 4) is 11.8 Å². The fourth-order valence-corrected chi connectivity index (χ4v) is 2.50. The number of unbranched alkanes of at least 4 members (excludes halogenated alkanes) is 1. The maximum atomic E-state index is 12.0. The van der Waals surface area contributed by atoms with Gasteiger partial charge in [-0.2, -0.15) is 0 Å². The van der Waals surface area contributed by atoms with Crippen molar-refractivity contribution in [1.29, 1.82) is 0 Å². The number of ether oxygens (including phenoxy) is 1. The van der Waals surface area contributed by atoms with Crippen LogP contribution in [0.2, 0.25) is 0 Å². The van der Waals surface area contributed by atoms with Gasteiger partial charge in [0.2, 0.25) is 0 Å². The number of esters is 1. The van der Waals surface area contributed by atoms with E-state index in [2.05, 4.69) is 31.4 Å². The van der Waals surface area contributed by atoms with Gasteiger partial charge in [-0.25, -0.2) is 0 Å². The van der Waals surface area contributed by atoms with Crippen molar-refractivity contribution in [2.24, 2.45) is 5.41 Å². The summed E-state index contributed by atoms with van der Waals surface area (Å²) < 4.78 is 5.12. The number of rotatable bonds is 5. The lowest BCUT2D eigenvalue weighted by Crippen LogP contribution is -2.24. The Morgan fingerprint density at radius 2 is 1.96 bits per heavy atom. The van der Waals surface area contributed by atoms with Crippen LogP contribution in [0.15, 0.2) is 28.5 Å². The number of carbonyl (C=O) groups is 1. The van der Waals surface area contributed by atoms with Crippen molar-refractivity contribution in [2.45, 2.75) is 73.1 Å². The molecule has 1 aliphatic carbocycles. The van der Waals surface area contributed by atoms with Gasteiger partial charge in [-0.1, -0.05) is 18.8 Å². The highest BCUT2D eigenvalue weighted by atomic mass is 16.5. The first-order valence-electron chi connectivity index (χ1n) is 8.75. The van der Waals surface area contributed by atoms with Gasteiger partial charge in [0.05, 0.1) is 12.0 Å². The van der Waals surface area contributed by atoms with Crippen LogP contribution in [-0.2, 0) is 9.53 Å². The Morgan fingerprint density at radius 1 is 1.26 bits per heavy atom. The molecule has 0 saturated carbocycles. The molecule has 0 N–H and O–H groups in total. The molecule has 0 heterocycles. The third kappa shape index (κ3) is 6.12. The van der Waals surface area contributed by atoms with Crippen molar-refractivity contribution in [1.82, 2.24) is 0 Å². The molecule has 0 aromatic carbocycles. The molecule has 0 saturated heterocycles. The molecular weight excluding hydrogens is 284 g/mol. The molecule has 1 rings (SSSR count). The summed E-state index contributed by atoms with van der Waals surface area (Å²) in [7, 11) is 0. The topological polar surface area (TPSA) is 26.3 Å². The van der Waals surface area contributed by atoms with Crippen molar-refractivity contribution in [2.75, 3.05) is 6.61 Å². The molecule has 0 unspecified atom stereocenters. The molecule has 0 aromatic heterocycles. The molecule has 1 aliphatic rings. The van der Waals surface area contributed by atoms with E-state index in [1.165, 1.54) is 24.0 Å². The molecule has 0 aliphatic heterocycles. The van der Waals surface area contributed by atoms with E-state index < -0.39 is 5.41 Å². The van der Waals surface area contributed by atoms with Gasteiger partial charge in [0.15, 0.2) is 0 Å². The molecular formula is C21H30O2. The Morgan fingerprint density at radius 3 is 2.61 bits per heavy atom. The molecule has 0 fully saturated rings. The van der Waals surface area contributed by atoms with Crippen LogP contribution >= 0.6 is 0 Å². The Labute approximate surface area is 141 Å². The maximum absolute atomic E-state index is 12.0. The van der Waals surface area contributed by atoms with Crippen molar-refractivity contribution in [3.63, 3.8) is 0 Å². The fraction of sp³-hybridized carbons (Fsp3) is 0.619. The predicted molar refractivity (Wildman–Crippen MR) is 95.9 cm³/mol. The summed E-state index contributed by atoms with van der Waals surface area (Å²) in [6, 6.07) is 0. The van der Waals surface area contributed by atoms with Crippen LogP contribution in [0.3, 0.4) is 0 Å². The van der Waals surface area contributed by atoms with Crippen LogP contribution in [0.25, 0.3) is 0 Å². The lowest BCUT2D eigenvalue weighted by Gasteiger charge is -2.18. The summed E-state index contributed by atoms with van der Waals surface area (Å²) in [4.78, 5) is 12.0. The average molecular weight is 314 g/mol. The highest BCUT2D eigenvalue weighted by Gasteiger charge is 2.26. The number of hydrogen-bond acceptors (Lipinski definition) is 2. The van der Waals surface area contributed by atoms with Crippen LogP contribution in [0.1, 0.15) is 73.1 Å². The maximum Gasteiger partial charge on any atom is 0.315 e. The Kier molecular flexibility index (Phi) is 7.93. The van der Waals surface area contributed by atoms with E-state index in [0.29, 0.717) is 6.61 Å². The first kappa shape index (κ1) is 19.3. The SMILES string of the molecule is CCCC#CC1=C(C(C)=C=CC(C)(C)C(=O)OCC)CCCC1. The summed E-state index contributed by atoms with van der Waals surface area (Å²) in [5.41, 5.74) is 6.34. The van der Waals surface area contributed by atoms with Crippen molar-refractivity contribution in [3.05, 3.63) is 28.5 Å². The van der Waals surface area contributed by atoms with E-state index in [1.807, 2.05) is 26.8 Å². The molecule has 2 nitrogen and oxygen atoms in total. The quantitative estimate of drug-likeness (QED) is 0.388. The number of hydrogen-bond donors (Lipinski definition) is 0. The monoisotopic (exact) mass is 314 g/mol. The minimum Gasteiger partial charge on any atom is -0.465 e. The normalized spacial score (nSPS) is 14.5. The average Bonchev–Trinajstić information content (AvgIpc) is 2.53. The van der Waals surface area contributed by atoms with Crippen LogP contribution < -0.4 is 0 Å². The molecule has 0 aromatic rings. The van der Waals surface area contributed by atoms with E-state index in [0.717, 1.165) is 31.3 Å². The number of allylic oxidation sites excluding steroid dienone is 2. The minimum atomic E-state index is -0.652. The van der Waals surface area contributed by atoms with E-state index in [9.17, 15) is 4.79 Å². The molecule has 0 atom stereocenters. The van der Waals surface area contributed by atoms with Crippen LogP contribution in [-0.4, -0.2) is 12.6 Å². The van der Waals surface area contributed by atoms with E-state index in [4.69, 9.17) is 4.74 Å². The first-order chi connectivity index (χ1) is 10.9. The molecule has 0 amide bonds. The molecule has 2 heteroatoms. The zero-order valence-electron chi connectivity index (χ0n) is 15.3. The second-order valence-electron chi connectivity index (χ2n) is 6.57. The van der Waals surface area contributed by atoms with Gasteiger partial charge in [0, 0.05) is 12.0 Å². The van der Waals surface area contributed by atoms with Crippen LogP contribution in [0.5, 0.6) is 0 Å². The zero-order valence-corrected chi connectivity index (χ0v) is 15.3. The summed E-state index contributed by atoms with van der Waals surface area (Å²) in [5.74, 6) is 6.41. The largest absolute Gasteiger partial charge is 0.465 e. The van der Waals surface area contributed by atoms with Gasteiger partial charge in [-0.05, 0) is 77.0 Å². The summed E-state index contributed by atoms with van der Waals surface area (Å²) in [6.45, 7) is 10.2. The minimum absolute atomic E-state index is 0.208. The molecule has 126 valence electrons. The highest BCUT2D eigenvalue weighted by molar-refractivity contribution is 5.78. The Balaban J connectivity index is 3.08. The molecule has 0 spiro atoms. The second-order valence-corrected chi connectivity index (χ2v) is 6.57. The number of carbonyl (C=O) groups excluding carboxylic acids is 1. The molecule has 0 bridgehead atoms. The Bertz CT molecular complexity index is 573. The fourth-order valence-electron chi connectivity index (χ4n) is 2.50. The van der Waals surface area contributed by atoms with Crippen molar-refractivity contribution < 1.29 is 9.53 Å². The van der Waals surface area contributed by atoms with E-state index >= 15 is 0 Å². The standard InChI is InChI=1S/C21H30O2/c1-6-8-9-12-18-13-10-11-14-19(18)17(3)15-16-21(4,5)20(22)23-7-2/h16H,6-8,10-11,13-14H2,1-5H3. The van der Waals surface area contributed by atoms with Crippen molar-refractivity contribution >= 4 is 5.97 Å². The smallest absolute Gasteiger partial charge is 0.315 e. The molecule has 23 heavy (non-hydrogen) atoms. The van der Waals surface area contributed by atoms with E-state index in [1.54, 1.807) is 0 Å². The van der Waals surface area contributed by atoms with Gasteiger partial charge in [0.25, 0.3) is 0 Å². The highest BCUT2D eigenvalue weighted by Crippen LogP contribution is 2.29. The lowest BCUT2D eigenvalue weighted by atomic mass is 9.87. The first-order valence-corrected chi connectivity index (χ1v) is 8.75. The lowest BCUT2D eigenvalue weighted by molar-refractivity contribution is -0.150. The summed E-state index contributed by atoms with van der Waals surface area (Å²) in [5, 5.41) is 0. The summed E-state index contributed by atoms with van der Waals surface area (Å²) >= 11 is 0. The van der Waals surface area contributed by atoms with Crippen LogP contribution in [0.4, 0.5) is 0 Å². The third-order valence-electron chi connectivity index (χ3n) is 3.99. The molecule has 0 radical (unpaired) electrons. The zero-order chi connectivity index (χ0) is 17.3. The van der Waals surface area contributed by atoms with Gasteiger partial charge >= 0.3 is 5.97 Å². The van der Waals surface area contributed by atoms with Gasteiger partial charge < -0.3 is 4.74 Å².